The minimum atomic E-state index is -0.393. The van der Waals surface area contributed by atoms with Gasteiger partial charge in [0.25, 0.3) is 0 Å². The lowest BCUT2D eigenvalue weighted by atomic mass is 9.94. The molecule has 4 heteroatoms. The Labute approximate surface area is 77.5 Å². The van der Waals surface area contributed by atoms with Crippen molar-refractivity contribution in [1.29, 1.82) is 0 Å². The highest BCUT2D eigenvalue weighted by atomic mass is 16.3. The fraction of sp³-hybridized carbons (Fsp3) is 0.778. The second-order valence-electron chi connectivity index (χ2n) is 4.20. The van der Waals surface area contributed by atoms with Gasteiger partial charge in [0.05, 0.1) is 0 Å². The highest BCUT2D eigenvalue weighted by Crippen LogP contribution is 2.20. The number of hydrogen-bond acceptors (Lipinski definition) is 3. The molecule has 74 valence electrons. The zero-order valence-corrected chi connectivity index (χ0v) is 8.04. The van der Waals surface area contributed by atoms with Gasteiger partial charge in [-0.1, -0.05) is 13.8 Å². The Morgan fingerprint density at radius 1 is 1.31 bits per heavy atom. The molecule has 1 saturated heterocycles. The topological polar surface area (TPSA) is 57.6 Å². The third-order valence-electron chi connectivity index (χ3n) is 2.17. The Balaban J connectivity index is 2.62. The van der Waals surface area contributed by atoms with E-state index in [0.29, 0.717) is 19.4 Å². The van der Waals surface area contributed by atoms with Gasteiger partial charge in [0.2, 0.25) is 11.8 Å². The lowest BCUT2D eigenvalue weighted by molar-refractivity contribution is -0.140. The molecule has 1 heterocycles. The van der Waals surface area contributed by atoms with Gasteiger partial charge < -0.3 is 5.11 Å². The van der Waals surface area contributed by atoms with Gasteiger partial charge in [0, 0.05) is 31.4 Å². The fourth-order valence-electron chi connectivity index (χ4n) is 1.28. The zero-order chi connectivity index (χ0) is 10.1. The van der Waals surface area contributed by atoms with Crippen LogP contribution in [0.25, 0.3) is 0 Å². The lowest BCUT2D eigenvalue weighted by Gasteiger charge is -2.26. The normalized spacial score (nSPS) is 18.5. The summed E-state index contributed by atoms with van der Waals surface area (Å²) in [5, 5.41) is 8.98. The maximum Gasteiger partial charge on any atom is 0.229 e. The van der Waals surface area contributed by atoms with Crippen LogP contribution < -0.4 is 0 Å². The van der Waals surface area contributed by atoms with Gasteiger partial charge in [0.1, 0.15) is 0 Å². The molecule has 1 N–H and O–H groups in total. The van der Waals surface area contributed by atoms with Gasteiger partial charge >= 0.3 is 0 Å². The largest absolute Gasteiger partial charge is 0.396 e. The van der Waals surface area contributed by atoms with E-state index in [1.54, 1.807) is 0 Å². The van der Waals surface area contributed by atoms with Gasteiger partial charge in [-0.15, -0.1) is 0 Å². The maximum atomic E-state index is 11.2. The van der Waals surface area contributed by atoms with E-state index in [2.05, 4.69) is 0 Å². The number of likely N-dealkylation sites (tertiary alicyclic amines) is 1. The molecule has 1 fully saturated rings. The summed E-state index contributed by atoms with van der Waals surface area (Å²) < 4.78 is 0. The Morgan fingerprint density at radius 2 is 1.77 bits per heavy atom. The van der Waals surface area contributed by atoms with Crippen LogP contribution in [-0.4, -0.2) is 35.0 Å². The van der Waals surface area contributed by atoms with E-state index >= 15 is 0 Å². The molecule has 0 aromatic rings. The highest BCUT2D eigenvalue weighted by Gasteiger charge is 2.33. The summed E-state index contributed by atoms with van der Waals surface area (Å²) in [6, 6.07) is 0. The van der Waals surface area contributed by atoms with Crippen molar-refractivity contribution in [3.63, 3.8) is 0 Å². The van der Waals surface area contributed by atoms with Gasteiger partial charge in [-0.3, -0.25) is 14.5 Å². The molecule has 0 atom stereocenters. The first kappa shape index (κ1) is 10.2. The molecule has 0 spiro atoms. The predicted octanol–water partition coefficient (Wildman–Crippen LogP) is 0.154. The first-order valence-corrected chi connectivity index (χ1v) is 4.40. The molecule has 0 bridgehead atoms. The quantitative estimate of drug-likeness (QED) is 0.637. The Kier molecular flexibility index (Phi) is 2.71. The summed E-state index contributed by atoms with van der Waals surface area (Å²) in [6.07, 6.45) is 0.640. The van der Waals surface area contributed by atoms with Crippen molar-refractivity contribution in [2.45, 2.75) is 26.7 Å². The SMILES string of the molecule is CC(C)(CO)CN1C(=O)CCC1=O. The van der Waals surface area contributed by atoms with Crippen LogP contribution in [0.4, 0.5) is 0 Å². The first-order valence-electron chi connectivity index (χ1n) is 4.40. The highest BCUT2D eigenvalue weighted by molar-refractivity contribution is 6.01. The average molecular weight is 185 g/mol. The molecule has 4 nitrogen and oxygen atoms in total. The Bertz CT molecular complexity index is 219. The van der Waals surface area contributed by atoms with Crippen LogP contribution in [0.15, 0.2) is 0 Å². The van der Waals surface area contributed by atoms with Crippen molar-refractivity contribution >= 4 is 11.8 Å². The third-order valence-corrected chi connectivity index (χ3v) is 2.17. The molecule has 0 radical (unpaired) electrons. The number of aliphatic hydroxyl groups excluding tert-OH is 1. The van der Waals surface area contributed by atoms with Gasteiger partial charge in [-0.2, -0.15) is 0 Å². The summed E-state index contributed by atoms with van der Waals surface area (Å²) in [6.45, 7) is 3.95. The second-order valence-corrected chi connectivity index (χ2v) is 4.20. The smallest absolute Gasteiger partial charge is 0.229 e. The van der Waals surface area contributed by atoms with Crippen LogP contribution in [0.5, 0.6) is 0 Å². The number of carbonyl (C=O) groups is 2. The van der Waals surface area contributed by atoms with Crippen molar-refractivity contribution in [3.05, 3.63) is 0 Å². The summed E-state index contributed by atoms with van der Waals surface area (Å²) in [5.41, 5.74) is -0.393. The Morgan fingerprint density at radius 3 is 2.15 bits per heavy atom. The molecule has 0 aromatic heterocycles. The minimum Gasteiger partial charge on any atom is -0.396 e. The molecule has 1 aliphatic heterocycles. The van der Waals surface area contributed by atoms with Crippen LogP contribution in [0, 0.1) is 5.41 Å². The molecule has 1 rings (SSSR count). The molecule has 1 aliphatic rings. The molecule has 2 amide bonds. The molecule has 0 aliphatic carbocycles. The molecular formula is C9H15NO3. The monoisotopic (exact) mass is 185 g/mol. The molecule has 0 unspecified atom stereocenters. The van der Waals surface area contributed by atoms with Crippen LogP contribution in [0.2, 0.25) is 0 Å². The number of rotatable bonds is 3. The van der Waals surface area contributed by atoms with E-state index in [1.807, 2.05) is 13.8 Å². The van der Waals surface area contributed by atoms with Gasteiger partial charge in [0.15, 0.2) is 0 Å². The van der Waals surface area contributed by atoms with Crippen molar-refractivity contribution < 1.29 is 14.7 Å². The molecule has 13 heavy (non-hydrogen) atoms. The fourth-order valence-corrected chi connectivity index (χ4v) is 1.28. The predicted molar refractivity (Wildman–Crippen MR) is 46.8 cm³/mol. The maximum absolute atomic E-state index is 11.2. The molecule has 0 saturated carbocycles. The summed E-state index contributed by atoms with van der Waals surface area (Å²) in [7, 11) is 0. The van der Waals surface area contributed by atoms with E-state index in [4.69, 9.17) is 5.11 Å². The van der Waals surface area contributed by atoms with E-state index < -0.39 is 5.41 Å². The van der Waals surface area contributed by atoms with Crippen molar-refractivity contribution in [2.75, 3.05) is 13.2 Å². The summed E-state index contributed by atoms with van der Waals surface area (Å²) in [5.74, 6) is -0.238. The van der Waals surface area contributed by atoms with E-state index in [-0.39, 0.29) is 18.4 Å². The molecule has 0 aromatic carbocycles. The van der Waals surface area contributed by atoms with Crippen LogP contribution in [0.3, 0.4) is 0 Å². The number of aliphatic hydroxyl groups is 1. The third kappa shape index (κ3) is 2.28. The van der Waals surface area contributed by atoms with Crippen molar-refractivity contribution in [2.24, 2.45) is 5.41 Å². The van der Waals surface area contributed by atoms with Crippen LogP contribution in [0.1, 0.15) is 26.7 Å². The van der Waals surface area contributed by atoms with Crippen LogP contribution >= 0.6 is 0 Å². The van der Waals surface area contributed by atoms with Crippen molar-refractivity contribution in [3.8, 4) is 0 Å². The number of amides is 2. The van der Waals surface area contributed by atoms with E-state index in [1.165, 1.54) is 4.90 Å². The second kappa shape index (κ2) is 3.46. The average Bonchev–Trinajstić information content (AvgIpc) is 2.36. The zero-order valence-electron chi connectivity index (χ0n) is 8.04. The Hall–Kier alpha value is -0.900. The first-order chi connectivity index (χ1) is 5.96. The number of hydrogen-bond donors (Lipinski definition) is 1. The molecular weight excluding hydrogens is 170 g/mol. The summed E-state index contributed by atoms with van der Waals surface area (Å²) >= 11 is 0. The van der Waals surface area contributed by atoms with Crippen LogP contribution in [-0.2, 0) is 9.59 Å². The van der Waals surface area contributed by atoms with E-state index in [0.717, 1.165) is 0 Å². The van der Waals surface area contributed by atoms with Gasteiger partial charge in [-0.25, -0.2) is 0 Å². The number of nitrogens with zero attached hydrogens (tertiary/aromatic N) is 1. The standard InChI is InChI=1S/C9H15NO3/c1-9(2,6-11)5-10-7(12)3-4-8(10)13/h11H,3-6H2,1-2H3. The minimum absolute atomic E-state index is 0.0238. The van der Waals surface area contributed by atoms with Gasteiger partial charge in [-0.05, 0) is 0 Å². The van der Waals surface area contributed by atoms with E-state index in [9.17, 15) is 9.59 Å². The number of carbonyl (C=O) groups excluding carboxylic acids is 2. The summed E-state index contributed by atoms with van der Waals surface area (Å²) in [4.78, 5) is 23.6. The number of imide groups is 1. The lowest BCUT2D eigenvalue weighted by Crippen LogP contribution is -2.39. The van der Waals surface area contributed by atoms with Crippen molar-refractivity contribution in [1.82, 2.24) is 4.90 Å².